The minimum absolute atomic E-state index is 0. The fourth-order valence-electron chi connectivity index (χ4n) is 2.44. The molecular weight excluding hydrogens is 304 g/mol. The number of benzene rings is 1. The maximum absolute atomic E-state index is 12.4. The van der Waals surface area contributed by atoms with E-state index in [9.17, 15) is 9.59 Å². The van der Waals surface area contributed by atoms with Gasteiger partial charge in [0.1, 0.15) is 5.75 Å². The predicted octanol–water partition coefficient (Wildman–Crippen LogP) is 1.90. The molecule has 0 saturated carbocycles. The number of carbonyl (C=O) groups excluding carboxylic acids is 2. The molecular formula is C16H23ClN2O3. The van der Waals surface area contributed by atoms with Crippen LogP contribution in [0.5, 0.6) is 5.75 Å². The van der Waals surface area contributed by atoms with Crippen molar-refractivity contribution in [3.8, 4) is 5.75 Å². The Balaban J connectivity index is 0.00000242. The van der Waals surface area contributed by atoms with Crippen molar-refractivity contribution < 1.29 is 14.3 Å². The second-order valence-electron chi connectivity index (χ2n) is 5.43. The van der Waals surface area contributed by atoms with Crippen LogP contribution in [0.4, 0.5) is 0 Å². The molecule has 6 heteroatoms. The molecule has 1 aromatic carbocycles. The molecule has 0 aliphatic carbocycles. The zero-order valence-corrected chi connectivity index (χ0v) is 14.0. The molecule has 2 rings (SSSR count). The first-order chi connectivity index (χ1) is 9.99. The number of hydrogen-bond acceptors (Lipinski definition) is 4. The molecule has 5 nitrogen and oxygen atoms in total. The monoisotopic (exact) mass is 326 g/mol. The number of ether oxygens (including phenoxy) is 1. The van der Waals surface area contributed by atoms with Gasteiger partial charge in [0.25, 0.3) is 5.91 Å². The van der Waals surface area contributed by atoms with Crippen LogP contribution in [0.3, 0.4) is 0 Å². The first-order valence-corrected chi connectivity index (χ1v) is 7.28. The molecule has 122 valence electrons. The number of amides is 1. The minimum Gasteiger partial charge on any atom is -0.481 e. The maximum Gasteiger partial charge on any atom is 0.263 e. The number of halogens is 1. The normalized spacial score (nSPS) is 19.0. The fourth-order valence-corrected chi connectivity index (χ4v) is 2.44. The van der Waals surface area contributed by atoms with E-state index < -0.39 is 6.10 Å². The first kappa shape index (κ1) is 18.5. The molecule has 0 aromatic heterocycles. The van der Waals surface area contributed by atoms with Crippen molar-refractivity contribution in [1.82, 2.24) is 10.2 Å². The van der Waals surface area contributed by atoms with Gasteiger partial charge in [-0.05, 0) is 32.9 Å². The van der Waals surface area contributed by atoms with Gasteiger partial charge in [0.15, 0.2) is 11.9 Å². The Labute approximate surface area is 137 Å². The Morgan fingerprint density at radius 1 is 1.41 bits per heavy atom. The van der Waals surface area contributed by atoms with Gasteiger partial charge in [0, 0.05) is 31.2 Å². The van der Waals surface area contributed by atoms with Crippen LogP contribution in [0.15, 0.2) is 24.3 Å². The van der Waals surface area contributed by atoms with Gasteiger partial charge in [-0.15, -0.1) is 12.4 Å². The fraction of sp³-hybridized carbons (Fsp3) is 0.500. The molecule has 1 saturated heterocycles. The molecule has 1 heterocycles. The average Bonchev–Trinajstić information content (AvgIpc) is 2.47. The van der Waals surface area contributed by atoms with Crippen LogP contribution in [0.25, 0.3) is 0 Å². The van der Waals surface area contributed by atoms with Crippen LogP contribution >= 0.6 is 12.4 Å². The van der Waals surface area contributed by atoms with E-state index in [0.29, 0.717) is 17.9 Å². The van der Waals surface area contributed by atoms with Gasteiger partial charge in [-0.2, -0.15) is 0 Å². The van der Waals surface area contributed by atoms with Crippen molar-refractivity contribution in [2.75, 3.05) is 19.6 Å². The highest BCUT2D eigenvalue weighted by molar-refractivity contribution is 5.94. The van der Waals surface area contributed by atoms with Gasteiger partial charge in [0.05, 0.1) is 0 Å². The lowest BCUT2D eigenvalue weighted by molar-refractivity contribution is -0.140. The summed E-state index contributed by atoms with van der Waals surface area (Å²) in [5, 5.41) is 3.26. The second-order valence-corrected chi connectivity index (χ2v) is 5.43. The van der Waals surface area contributed by atoms with E-state index in [1.54, 1.807) is 31.2 Å². The smallest absolute Gasteiger partial charge is 0.263 e. The number of hydrogen-bond donors (Lipinski definition) is 1. The lowest BCUT2D eigenvalue weighted by atomic mass is 10.1. The Kier molecular flexibility index (Phi) is 6.84. The van der Waals surface area contributed by atoms with Crippen LogP contribution in [0.2, 0.25) is 0 Å². The molecule has 22 heavy (non-hydrogen) atoms. The van der Waals surface area contributed by atoms with Gasteiger partial charge in [-0.3, -0.25) is 9.59 Å². The third-order valence-corrected chi connectivity index (χ3v) is 3.69. The van der Waals surface area contributed by atoms with Gasteiger partial charge in [-0.25, -0.2) is 0 Å². The Bertz CT molecular complexity index is 536. The van der Waals surface area contributed by atoms with Crippen LogP contribution in [-0.2, 0) is 4.79 Å². The number of Topliss-reactive ketones (excluding diaryl/α,β-unsaturated/α-hetero) is 1. The SMILES string of the molecule is CC(=O)c1cccc(OC(C)C(=O)N2CCNC[C@@H]2C)c1.Cl. The minimum atomic E-state index is -0.562. The van der Waals surface area contributed by atoms with Crippen molar-refractivity contribution in [3.05, 3.63) is 29.8 Å². The number of carbonyl (C=O) groups is 2. The van der Waals surface area contributed by atoms with Crippen molar-refractivity contribution in [1.29, 1.82) is 0 Å². The van der Waals surface area contributed by atoms with E-state index >= 15 is 0 Å². The second kappa shape index (κ2) is 8.15. The molecule has 1 amide bonds. The molecule has 1 N–H and O–H groups in total. The number of nitrogens with one attached hydrogen (secondary N) is 1. The molecule has 1 fully saturated rings. The molecule has 0 spiro atoms. The molecule has 0 bridgehead atoms. The highest BCUT2D eigenvalue weighted by atomic mass is 35.5. The van der Waals surface area contributed by atoms with E-state index in [4.69, 9.17) is 4.74 Å². The van der Waals surface area contributed by atoms with E-state index in [1.165, 1.54) is 6.92 Å². The topological polar surface area (TPSA) is 58.6 Å². The van der Waals surface area contributed by atoms with Crippen molar-refractivity contribution >= 4 is 24.1 Å². The van der Waals surface area contributed by atoms with Gasteiger partial charge in [-0.1, -0.05) is 12.1 Å². The zero-order chi connectivity index (χ0) is 15.4. The molecule has 1 aliphatic heterocycles. The van der Waals surface area contributed by atoms with Crippen LogP contribution in [0, 0.1) is 0 Å². The number of ketones is 1. The third kappa shape index (κ3) is 4.45. The zero-order valence-electron chi connectivity index (χ0n) is 13.2. The van der Waals surface area contributed by atoms with Crippen LogP contribution < -0.4 is 10.1 Å². The number of piperazine rings is 1. The quantitative estimate of drug-likeness (QED) is 0.859. The van der Waals surface area contributed by atoms with E-state index in [0.717, 1.165) is 13.1 Å². The molecule has 1 unspecified atom stereocenters. The van der Waals surface area contributed by atoms with Crippen molar-refractivity contribution in [3.63, 3.8) is 0 Å². The van der Waals surface area contributed by atoms with Crippen LogP contribution in [0.1, 0.15) is 31.1 Å². The highest BCUT2D eigenvalue weighted by Crippen LogP contribution is 2.17. The molecule has 2 atom stereocenters. The number of rotatable bonds is 4. The molecule has 1 aromatic rings. The lowest BCUT2D eigenvalue weighted by Crippen LogP contribution is -2.55. The van der Waals surface area contributed by atoms with Gasteiger partial charge < -0.3 is 15.0 Å². The Hall–Kier alpha value is -1.59. The van der Waals surface area contributed by atoms with Gasteiger partial charge in [0.2, 0.25) is 0 Å². The van der Waals surface area contributed by atoms with Gasteiger partial charge >= 0.3 is 0 Å². The van der Waals surface area contributed by atoms with Crippen molar-refractivity contribution in [2.45, 2.75) is 32.9 Å². The summed E-state index contributed by atoms with van der Waals surface area (Å²) < 4.78 is 5.70. The molecule has 1 aliphatic rings. The number of nitrogens with zero attached hydrogens (tertiary/aromatic N) is 1. The largest absolute Gasteiger partial charge is 0.481 e. The summed E-state index contributed by atoms with van der Waals surface area (Å²) in [5.41, 5.74) is 0.586. The van der Waals surface area contributed by atoms with Crippen LogP contribution in [-0.4, -0.2) is 48.4 Å². The van der Waals surface area contributed by atoms with E-state index in [1.807, 2.05) is 11.8 Å². The highest BCUT2D eigenvalue weighted by Gasteiger charge is 2.27. The lowest BCUT2D eigenvalue weighted by Gasteiger charge is -2.35. The summed E-state index contributed by atoms with van der Waals surface area (Å²) in [4.78, 5) is 25.7. The maximum atomic E-state index is 12.4. The summed E-state index contributed by atoms with van der Waals surface area (Å²) >= 11 is 0. The predicted molar refractivity (Wildman–Crippen MR) is 87.8 cm³/mol. The van der Waals surface area contributed by atoms with Crippen molar-refractivity contribution in [2.24, 2.45) is 0 Å². The Morgan fingerprint density at radius 2 is 2.14 bits per heavy atom. The third-order valence-electron chi connectivity index (χ3n) is 3.69. The van der Waals surface area contributed by atoms with E-state index in [-0.39, 0.29) is 30.1 Å². The molecule has 0 radical (unpaired) electrons. The summed E-state index contributed by atoms with van der Waals surface area (Å²) in [6.45, 7) is 7.59. The average molecular weight is 327 g/mol. The first-order valence-electron chi connectivity index (χ1n) is 7.28. The summed E-state index contributed by atoms with van der Waals surface area (Å²) in [5.74, 6) is 0.513. The summed E-state index contributed by atoms with van der Waals surface area (Å²) in [6.07, 6.45) is -0.562. The Morgan fingerprint density at radius 3 is 2.77 bits per heavy atom. The summed E-state index contributed by atoms with van der Waals surface area (Å²) in [6, 6.07) is 7.10. The summed E-state index contributed by atoms with van der Waals surface area (Å²) in [7, 11) is 0. The van der Waals surface area contributed by atoms with E-state index in [2.05, 4.69) is 5.32 Å². The standard InChI is InChI=1S/C16H22N2O3.ClH/c1-11-10-17-7-8-18(11)16(20)13(3)21-15-6-4-5-14(9-15)12(2)19;/h4-6,9,11,13,17H,7-8,10H2,1-3H3;1H/t11-,13?;/m0./s1.